The Hall–Kier alpha value is -2.45. The van der Waals surface area contributed by atoms with Crippen molar-refractivity contribution in [3.8, 4) is 0 Å². The van der Waals surface area contributed by atoms with Gasteiger partial charge in [0.05, 0.1) is 6.61 Å². The summed E-state index contributed by atoms with van der Waals surface area (Å²) in [7, 11) is -3.59. The third-order valence-electron chi connectivity index (χ3n) is 4.36. The molecule has 8 heteroatoms. The van der Waals surface area contributed by atoms with E-state index in [2.05, 4.69) is 15.0 Å². The average Bonchev–Trinajstić information content (AvgIpc) is 3.14. The first kappa shape index (κ1) is 18.3. The highest BCUT2D eigenvalue weighted by Crippen LogP contribution is 2.19. The minimum atomic E-state index is -3.59. The number of pyridine rings is 1. The zero-order valence-corrected chi connectivity index (χ0v) is 15.5. The summed E-state index contributed by atoms with van der Waals surface area (Å²) < 4.78 is 32.2. The van der Waals surface area contributed by atoms with Crippen molar-refractivity contribution in [3.05, 3.63) is 53.2 Å². The monoisotopic (exact) mass is 375 g/mol. The number of amides is 1. The molecule has 26 heavy (non-hydrogen) atoms. The van der Waals surface area contributed by atoms with Gasteiger partial charge in [0, 0.05) is 24.1 Å². The fraction of sp³-hybridized carbons (Fsp3) is 0.333. The molecule has 1 unspecified atom stereocenters. The fourth-order valence-corrected chi connectivity index (χ4v) is 3.89. The predicted molar refractivity (Wildman–Crippen MR) is 99.9 cm³/mol. The highest BCUT2D eigenvalue weighted by Gasteiger charge is 2.30. The number of anilines is 2. The summed E-state index contributed by atoms with van der Waals surface area (Å²) in [6, 6.07) is 8.60. The van der Waals surface area contributed by atoms with Crippen LogP contribution in [0.25, 0.3) is 0 Å². The average molecular weight is 375 g/mol. The van der Waals surface area contributed by atoms with E-state index in [0.29, 0.717) is 24.3 Å². The lowest BCUT2D eigenvalue weighted by Crippen LogP contribution is -2.28. The van der Waals surface area contributed by atoms with Gasteiger partial charge in [-0.25, -0.2) is 13.4 Å². The number of sulfonamides is 1. The van der Waals surface area contributed by atoms with Gasteiger partial charge in [-0.2, -0.15) is 0 Å². The van der Waals surface area contributed by atoms with E-state index in [1.807, 2.05) is 32.0 Å². The van der Waals surface area contributed by atoms with Crippen LogP contribution < -0.4 is 10.0 Å². The Morgan fingerprint density at radius 1 is 1.19 bits per heavy atom. The Bertz CT molecular complexity index is 922. The van der Waals surface area contributed by atoms with E-state index in [-0.39, 0.29) is 18.3 Å². The lowest BCUT2D eigenvalue weighted by Gasteiger charge is -2.12. The van der Waals surface area contributed by atoms with Crippen LogP contribution in [0.4, 0.5) is 11.5 Å². The molecule has 2 N–H and O–H groups in total. The number of hydrogen-bond donors (Lipinski definition) is 2. The van der Waals surface area contributed by atoms with Gasteiger partial charge in [-0.05, 0) is 55.7 Å². The molecule has 0 radical (unpaired) electrons. The zero-order valence-electron chi connectivity index (χ0n) is 14.7. The van der Waals surface area contributed by atoms with Crippen LogP contribution in [0.1, 0.15) is 27.9 Å². The number of ether oxygens (including phenoxy) is 1. The van der Waals surface area contributed by atoms with Gasteiger partial charge in [-0.1, -0.05) is 6.07 Å². The van der Waals surface area contributed by atoms with Crippen molar-refractivity contribution >= 4 is 27.4 Å². The van der Waals surface area contributed by atoms with Crippen LogP contribution in [0.2, 0.25) is 0 Å². The first-order valence-corrected chi connectivity index (χ1v) is 9.84. The summed E-state index contributed by atoms with van der Waals surface area (Å²) in [6.07, 6.45) is 1.85. The molecule has 1 amide bonds. The first-order chi connectivity index (χ1) is 12.3. The number of rotatable bonds is 5. The maximum Gasteiger partial charge on any atom is 0.255 e. The van der Waals surface area contributed by atoms with E-state index < -0.39 is 15.3 Å². The summed E-state index contributed by atoms with van der Waals surface area (Å²) in [4.78, 5) is 16.4. The zero-order chi connectivity index (χ0) is 18.7. The smallest absolute Gasteiger partial charge is 0.255 e. The number of nitrogens with zero attached hydrogens (tertiary/aromatic N) is 1. The van der Waals surface area contributed by atoms with Crippen LogP contribution in [0.15, 0.2) is 36.5 Å². The molecule has 1 saturated heterocycles. The third-order valence-corrected chi connectivity index (χ3v) is 6.10. The summed E-state index contributed by atoms with van der Waals surface area (Å²) >= 11 is 0. The van der Waals surface area contributed by atoms with Gasteiger partial charge in [-0.15, -0.1) is 0 Å². The molecule has 0 spiro atoms. The molecule has 3 rings (SSSR count). The number of carbonyl (C=O) groups excluding carboxylic acids is 1. The second-order valence-corrected chi connectivity index (χ2v) is 8.28. The Kier molecular flexibility index (Phi) is 5.24. The summed E-state index contributed by atoms with van der Waals surface area (Å²) in [5.41, 5.74) is 3.21. The van der Waals surface area contributed by atoms with Crippen molar-refractivity contribution in [1.82, 2.24) is 4.98 Å². The maximum absolute atomic E-state index is 12.4. The third kappa shape index (κ3) is 4.20. The van der Waals surface area contributed by atoms with Crippen molar-refractivity contribution in [2.24, 2.45) is 0 Å². The van der Waals surface area contributed by atoms with E-state index >= 15 is 0 Å². The molecule has 2 heterocycles. The Balaban J connectivity index is 1.73. The van der Waals surface area contributed by atoms with Crippen LogP contribution >= 0.6 is 0 Å². The fourth-order valence-electron chi connectivity index (χ4n) is 2.64. The topological polar surface area (TPSA) is 97.4 Å². The standard InChI is InChI=1S/C18H21N3O4S/c1-12-3-4-15(9-13(12)2)20-18(22)14-5-7-19-17(10-14)21-26(23,24)16-6-8-25-11-16/h3-5,7,9-10,16H,6,8,11H2,1-2H3,(H,19,21)(H,20,22). The van der Waals surface area contributed by atoms with Gasteiger partial charge in [0.1, 0.15) is 11.1 Å². The van der Waals surface area contributed by atoms with Gasteiger partial charge in [0.2, 0.25) is 10.0 Å². The van der Waals surface area contributed by atoms with E-state index in [9.17, 15) is 13.2 Å². The molecule has 138 valence electrons. The normalized spacial score (nSPS) is 17.1. The molecule has 0 saturated carbocycles. The van der Waals surface area contributed by atoms with E-state index in [4.69, 9.17) is 4.74 Å². The minimum absolute atomic E-state index is 0.115. The van der Waals surface area contributed by atoms with Gasteiger partial charge in [0.15, 0.2) is 0 Å². The Morgan fingerprint density at radius 3 is 2.69 bits per heavy atom. The largest absolute Gasteiger partial charge is 0.380 e. The number of aryl methyl sites for hydroxylation is 2. The lowest BCUT2D eigenvalue weighted by atomic mass is 10.1. The van der Waals surface area contributed by atoms with Gasteiger partial charge in [-0.3, -0.25) is 9.52 Å². The van der Waals surface area contributed by atoms with Crippen LogP contribution in [0, 0.1) is 13.8 Å². The SMILES string of the molecule is Cc1ccc(NC(=O)c2ccnc(NS(=O)(=O)C3CCOC3)c2)cc1C. The molecule has 2 aromatic rings. The molecule has 1 aliphatic rings. The van der Waals surface area contributed by atoms with E-state index in [1.165, 1.54) is 18.3 Å². The molecular formula is C18H21N3O4S. The highest BCUT2D eigenvalue weighted by molar-refractivity contribution is 7.93. The van der Waals surface area contributed by atoms with Crippen molar-refractivity contribution in [2.75, 3.05) is 23.3 Å². The van der Waals surface area contributed by atoms with Crippen molar-refractivity contribution < 1.29 is 17.9 Å². The molecule has 1 aliphatic heterocycles. The Labute approximate surface area is 152 Å². The number of aromatic nitrogens is 1. The predicted octanol–water partition coefficient (Wildman–Crippen LogP) is 2.48. The summed E-state index contributed by atoms with van der Waals surface area (Å²) in [5.74, 6) is -0.218. The van der Waals surface area contributed by atoms with E-state index in [0.717, 1.165) is 11.1 Å². The first-order valence-electron chi connectivity index (χ1n) is 8.29. The van der Waals surface area contributed by atoms with Crippen molar-refractivity contribution in [2.45, 2.75) is 25.5 Å². The quantitative estimate of drug-likeness (QED) is 0.837. The summed E-state index contributed by atoms with van der Waals surface area (Å²) in [6.45, 7) is 4.56. The number of carbonyl (C=O) groups is 1. The number of nitrogens with one attached hydrogen (secondary N) is 2. The van der Waals surface area contributed by atoms with Gasteiger partial charge in [0.25, 0.3) is 5.91 Å². The van der Waals surface area contributed by atoms with E-state index in [1.54, 1.807) is 0 Å². The summed E-state index contributed by atoms with van der Waals surface area (Å²) in [5, 5.41) is 2.21. The van der Waals surface area contributed by atoms with Crippen molar-refractivity contribution in [1.29, 1.82) is 0 Å². The number of benzene rings is 1. The highest BCUT2D eigenvalue weighted by atomic mass is 32.2. The van der Waals surface area contributed by atoms with Crippen LogP contribution in [0.5, 0.6) is 0 Å². The van der Waals surface area contributed by atoms with Crippen LogP contribution in [0.3, 0.4) is 0 Å². The number of hydrogen-bond acceptors (Lipinski definition) is 5. The molecule has 1 atom stereocenters. The second kappa shape index (κ2) is 7.43. The van der Waals surface area contributed by atoms with Gasteiger partial charge >= 0.3 is 0 Å². The van der Waals surface area contributed by atoms with Crippen LogP contribution in [-0.2, 0) is 14.8 Å². The lowest BCUT2D eigenvalue weighted by molar-refractivity contribution is 0.102. The minimum Gasteiger partial charge on any atom is -0.380 e. The molecule has 1 fully saturated rings. The van der Waals surface area contributed by atoms with Crippen LogP contribution in [-0.4, -0.2) is 37.8 Å². The molecule has 1 aromatic heterocycles. The molecule has 0 bridgehead atoms. The molecular weight excluding hydrogens is 354 g/mol. The molecule has 1 aromatic carbocycles. The second-order valence-electron chi connectivity index (χ2n) is 6.32. The van der Waals surface area contributed by atoms with Gasteiger partial charge < -0.3 is 10.1 Å². The molecule has 0 aliphatic carbocycles. The van der Waals surface area contributed by atoms with Crippen molar-refractivity contribution in [3.63, 3.8) is 0 Å². The Morgan fingerprint density at radius 2 is 2.00 bits per heavy atom. The molecule has 7 nitrogen and oxygen atoms in total. The maximum atomic E-state index is 12.4.